The number of nitrogens with two attached hydrogens (primary N) is 1. The molecule has 2 heterocycles. The average molecular weight is 240 g/mol. The third-order valence-corrected chi connectivity index (χ3v) is 2.83. The quantitative estimate of drug-likeness (QED) is 0.720. The number of hydrogen-bond acceptors (Lipinski definition) is 4. The number of H-pyrrole nitrogens is 1. The molecule has 3 N–H and O–H groups in total. The van der Waals surface area contributed by atoms with Crippen LogP contribution in [0.25, 0.3) is 22.3 Å². The fraction of sp³-hybridized carbons (Fsp3) is 0.0769. The maximum absolute atomic E-state index is 5.73. The summed E-state index contributed by atoms with van der Waals surface area (Å²) in [5, 5.41) is 7.61. The zero-order valence-corrected chi connectivity index (χ0v) is 9.84. The maximum Gasteiger partial charge on any atom is 0.183 e. The van der Waals surface area contributed by atoms with Crippen LogP contribution >= 0.6 is 0 Å². The molecule has 0 atom stereocenters. The highest BCUT2D eigenvalue weighted by Crippen LogP contribution is 2.24. The van der Waals surface area contributed by atoms with Gasteiger partial charge in [-0.25, -0.2) is 4.98 Å². The lowest BCUT2D eigenvalue weighted by atomic mass is 10.1. The molecule has 0 fully saturated rings. The molecule has 0 amide bonds. The van der Waals surface area contributed by atoms with Crippen molar-refractivity contribution in [2.75, 3.05) is 12.8 Å². The largest absolute Gasteiger partial charge is 0.497 e. The monoisotopic (exact) mass is 240 g/mol. The number of aromatic amines is 1. The third-order valence-electron chi connectivity index (χ3n) is 2.83. The van der Waals surface area contributed by atoms with Crippen molar-refractivity contribution in [1.82, 2.24) is 15.2 Å². The number of pyridine rings is 1. The molecule has 0 radical (unpaired) electrons. The number of methoxy groups -OCH3 is 1. The van der Waals surface area contributed by atoms with Gasteiger partial charge in [0, 0.05) is 5.56 Å². The Morgan fingerprint density at radius 1 is 1.11 bits per heavy atom. The molecule has 0 bridgehead atoms. The molecule has 0 aliphatic rings. The molecule has 0 saturated carbocycles. The Labute approximate surface area is 104 Å². The van der Waals surface area contributed by atoms with Crippen LogP contribution in [0.4, 0.5) is 5.82 Å². The first-order valence-electron chi connectivity index (χ1n) is 5.53. The SMILES string of the molecule is COc1ccc(-c2ccc3c(N)[nH]nc3n2)cc1. The van der Waals surface area contributed by atoms with E-state index in [1.807, 2.05) is 36.4 Å². The van der Waals surface area contributed by atoms with E-state index in [4.69, 9.17) is 10.5 Å². The van der Waals surface area contributed by atoms with Crippen LogP contribution in [0.15, 0.2) is 36.4 Å². The summed E-state index contributed by atoms with van der Waals surface area (Å²) in [5.74, 6) is 1.36. The van der Waals surface area contributed by atoms with Crippen LogP contribution in [0, 0.1) is 0 Å². The van der Waals surface area contributed by atoms with Crippen LogP contribution in [-0.2, 0) is 0 Å². The first kappa shape index (κ1) is 10.6. The van der Waals surface area contributed by atoms with Crippen LogP contribution in [0.3, 0.4) is 0 Å². The smallest absolute Gasteiger partial charge is 0.183 e. The Morgan fingerprint density at radius 2 is 1.89 bits per heavy atom. The second kappa shape index (κ2) is 4.03. The molecule has 2 aromatic heterocycles. The molecule has 0 unspecified atom stereocenters. The van der Waals surface area contributed by atoms with Crippen LogP contribution in [0.1, 0.15) is 0 Å². The number of anilines is 1. The van der Waals surface area contributed by atoms with Crippen molar-refractivity contribution in [2.24, 2.45) is 0 Å². The van der Waals surface area contributed by atoms with Gasteiger partial charge < -0.3 is 10.5 Å². The van der Waals surface area contributed by atoms with E-state index in [9.17, 15) is 0 Å². The summed E-state index contributed by atoms with van der Waals surface area (Å²) in [4.78, 5) is 4.46. The van der Waals surface area contributed by atoms with Gasteiger partial charge in [-0.2, -0.15) is 5.10 Å². The Bertz CT molecular complexity index is 688. The number of hydrogen-bond donors (Lipinski definition) is 2. The zero-order chi connectivity index (χ0) is 12.5. The minimum absolute atomic E-state index is 0.541. The first-order chi connectivity index (χ1) is 8.78. The highest BCUT2D eigenvalue weighted by Gasteiger charge is 2.06. The topological polar surface area (TPSA) is 76.8 Å². The van der Waals surface area contributed by atoms with E-state index in [1.54, 1.807) is 7.11 Å². The van der Waals surface area contributed by atoms with E-state index in [1.165, 1.54) is 0 Å². The van der Waals surface area contributed by atoms with Gasteiger partial charge in [0.05, 0.1) is 18.2 Å². The fourth-order valence-corrected chi connectivity index (χ4v) is 1.84. The van der Waals surface area contributed by atoms with Gasteiger partial charge in [-0.3, -0.25) is 5.10 Å². The van der Waals surface area contributed by atoms with E-state index in [0.717, 1.165) is 22.4 Å². The minimum atomic E-state index is 0.541. The molecule has 0 aliphatic carbocycles. The lowest BCUT2D eigenvalue weighted by Gasteiger charge is -2.02. The van der Waals surface area contributed by atoms with Gasteiger partial charge in [0.25, 0.3) is 0 Å². The van der Waals surface area contributed by atoms with Crippen molar-refractivity contribution >= 4 is 16.9 Å². The van der Waals surface area contributed by atoms with Crippen molar-refractivity contribution in [2.45, 2.75) is 0 Å². The molecule has 3 rings (SSSR count). The second-order valence-electron chi connectivity index (χ2n) is 3.93. The molecule has 90 valence electrons. The number of aromatic nitrogens is 3. The summed E-state index contributed by atoms with van der Waals surface area (Å²) in [6.45, 7) is 0. The van der Waals surface area contributed by atoms with E-state index in [-0.39, 0.29) is 0 Å². The number of fused-ring (bicyclic) bond motifs is 1. The molecule has 0 spiro atoms. The van der Waals surface area contributed by atoms with Gasteiger partial charge in [0.15, 0.2) is 5.65 Å². The highest BCUT2D eigenvalue weighted by molar-refractivity contribution is 5.87. The average Bonchev–Trinajstić information content (AvgIpc) is 2.80. The van der Waals surface area contributed by atoms with Gasteiger partial charge in [0.2, 0.25) is 0 Å². The van der Waals surface area contributed by atoms with Crippen molar-refractivity contribution in [3.63, 3.8) is 0 Å². The van der Waals surface area contributed by atoms with E-state index < -0.39 is 0 Å². The summed E-state index contributed by atoms with van der Waals surface area (Å²) < 4.78 is 5.12. The zero-order valence-electron chi connectivity index (χ0n) is 9.84. The molecule has 5 nitrogen and oxygen atoms in total. The van der Waals surface area contributed by atoms with Gasteiger partial charge in [-0.05, 0) is 36.4 Å². The van der Waals surface area contributed by atoms with Gasteiger partial charge >= 0.3 is 0 Å². The summed E-state index contributed by atoms with van der Waals surface area (Å²) >= 11 is 0. The number of nitrogens with zero attached hydrogens (tertiary/aromatic N) is 2. The minimum Gasteiger partial charge on any atom is -0.497 e. The van der Waals surface area contributed by atoms with Crippen molar-refractivity contribution in [1.29, 1.82) is 0 Å². The van der Waals surface area contributed by atoms with Crippen LogP contribution in [-0.4, -0.2) is 22.3 Å². The molecule has 0 aliphatic heterocycles. The Kier molecular flexibility index (Phi) is 2.37. The predicted molar refractivity (Wildman–Crippen MR) is 70.3 cm³/mol. The summed E-state index contributed by atoms with van der Waals surface area (Å²) in [5.41, 5.74) is 8.23. The molecular formula is C13H12N4O. The number of rotatable bonds is 2. The van der Waals surface area contributed by atoms with Gasteiger partial charge in [-0.1, -0.05) is 0 Å². The third kappa shape index (κ3) is 1.66. The fourth-order valence-electron chi connectivity index (χ4n) is 1.84. The number of ether oxygens (including phenoxy) is 1. The van der Waals surface area contributed by atoms with E-state index >= 15 is 0 Å². The summed E-state index contributed by atoms with van der Waals surface area (Å²) in [6, 6.07) is 11.6. The molecule has 1 aromatic carbocycles. The first-order valence-corrected chi connectivity index (χ1v) is 5.53. The Balaban J connectivity index is 2.07. The summed E-state index contributed by atoms with van der Waals surface area (Å²) in [6.07, 6.45) is 0. The lowest BCUT2D eigenvalue weighted by molar-refractivity contribution is 0.415. The van der Waals surface area contributed by atoms with Crippen LogP contribution in [0.2, 0.25) is 0 Å². The molecule has 0 saturated heterocycles. The van der Waals surface area contributed by atoms with Crippen LogP contribution in [0.5, 0.6) is 5.75 Å². The van der Waals surface area contributed by atoms with Gasteiger partial charge in [-0.15, -0.1) is 0 Å². The molecule has 5 heteroatoms. The number of nitrogen functional groups attached to an aromatic ring is 1. The second-order valence-corrected chi connectivity index (χ2v) is 3.93. The van der Waals surface area contributed by atoms with Gasteiger partial charge in [0.1, 0.15) is 11.6 Å². The van der Waals surface area contributed by atoms with Crippen molar-refractivity contribution in [3.05, 3.63) is 36.4 Å². The van der Waals surface area contributed by atoms with Crippen LogP contribution < -0.4 is 10.5 Å². The van der Waals surface area contributed by atoms with Crippen molar-refractivity contribution in [3.8, 4) is 17.0 Å². The predicted octanol–water partition coefficient (Wildman–Crippen LogP) is 2.22. The summed E-state index contributed by atoms with van der Waals surface area (Å²) in [7, 11) is 1.64. The van der Waals surface area contributed by atoms with E-state index in [2.05, 4.69) is 15.2 Å². The number of nitrogens with one attached hydrogen (secondary N) is 1. The Morgan fingerprint density at radius 3 is 2.61 bits per heavy atom. The maximum atomic E-state index is 5.73. The molecular weight excluding hydrogens is 228 g/mol. The lowest BCUT2D eigenvalue weighted by Crippen LogP contribution is -1.87. The molecule has 18 heavy (non-hydrogen) atoms. The van der Waals surface area contributed by atoms with E-state index in [0.29, 0.717) is 11.5 Å². The highest BCUT2D eigenvalue weighted by atomic mass is 16.5. The Hall–Kier alpha value is -2.56. The van der Waals surface area contributed by atoms with Crippen molar-refractivity contribution < 1.29 is 4.74 Å². The number of benzene rings is 1. The normalized spacial score (nSPS) is 10.7. The molecule has 3 aromatic rings. The standard InChI is InChI=1S/C13H12N4O/c1-18-9-4-2-8(3-5-9)11-7-6-10-12(14)16-17-13(10)15-11/h2-7H,1H3,(H3,14,15,16,17).